The third-order valence-corrected chi connectivity index (χ3v) is 0. The molecule has 0 bridgehead atoms. The first-order valence-corrected chi connectivity index (χ1v) is 0.988. The monoisotopic (exact) mass is 147 g/mol. The summed E-state index contributed by atoms with van der Waals surface area (Å²) in [5.74, 6) is 0. The summed E-state index contributed by atoms with van der Waals surface area (Å²) in [6.07, 6.45) is 0. The van der Waals surface area contributed by atoms with Crippen molar-refractivity contribution in [2.45, 2.75) is 0 Å². The van der Waals surface area contributed by atoms with Crippen LogP contribution in [-0.4, -0.2) is 24.8 Å². The average molecular weight is 147 g/mol. The maximum absolute atomic E-state index is 8.36. The van der Waals surface area contributed by atoms with Crippen LogP contribution < -0.4 is 0 Å². The smallest absolute Gasteiger partial charge is 0 e. The summed E-state index contributed by atoms with van der Waals surface area (Å²) in [7, 11) is -0.500. The van der Waals surface area contributed by atoms with Gasteiger partial charge >= 0.3 is 34.2 Å². The van der Waals surface area contributed by atoms with Gasteiger partial charge in [-0.1, -0.05) is 0 Å². The number of rotatable bonds is 0. The third kappa shape index (κ3) is 3210. The van der Waals surface area contributed by atoms with Crippen molar-refractivity contribution in [1.29, 1.82) is 0 Å². The van der Waals surface area contributed by atoms with Crippen molar-refractivity contribution >= 4 is 14.7 Å². The molecule has 0 spiro atoms. The van der Waals surface area contributed by atoms with E-state index in [1.54, 1.807) is 0 Å². The fourth-order valence-electron chi connectivity index (χ4n) is 0. The summed E-state index contributed by atoms with van der Waals surface area (Å²) < 4.78 is 16.7. The van der Waals surface area contributed by atoms with E-state index in [-0.39, 0.29) is 31.5 Å². The molecule has 0 aromatic carbocycles. The van der Waals surface area contributed by atoms with Gasteiger partial charge in [0.15, 0.2) is 0 Å². The van der Waals surface area contributed by atoms with Crippen molar-refractivity contribution in [3.63, 3.8) is 0 Å². The van der Waals surface area contributed by atoms with Gasteiger partial charge in [-0.05, 0) is 0 Å². The van der Waals surface area contributed by atoms with Crippen LogP contribution in [0.4, 0.5) is 0 Å². The van der Waals surface area contributed by atoms with Crippen molar-refractivity contribution in [2.24, 2.45) is 0 Å². The van der Waals surface area contributed by atoms with E-state index in [1.807, 2.05) is 0 Å². The fourth-order valence-corrected chi connectivity index (χ4v) is 0. The van der Waals surface area contributed by atoms with E-state index in [2.05, 4.69) is 0 Å². The zero-order valence-corrected chi connectivity index (χ0v) is 4.24. The fraction of sp³-hybridized carbons (Fsp3) is 0. The molecule has 7 heteroatoms. The topological polar surface area (TPSA) is 74.6 Å². The minimum absolute atomic E-state index is 0. The maximum atomic E-state index is 8.36. The Morgan fingerprint density at radius 1 is 1.00 bits per heavy atom. The first kappa shape index (κ1) is 15.8. The van der Waals surface area contributed by atoms with Crippen molar-refractivity contribution in [3.8, 4) is 0 Å². The first-order chi connectivity index (χ1) is 2.83. The molecule has 0 aliphatic carbocycles. The van der Waals surface area contributed by atoms with E-state index in [1.165, 1.54) is 0 Å². The Morgan fingerprint density at radius 3 is 1.00 bits per heavy atom. The van der Waals surface area contributed by atoms with Crippen LogP contribution in [0.25, 0.3) is 0 Å². The molecule has 1 radical (unpaired) electrons. The second-order valence-corrected chi connectivity index (χ2v) is 0.211. The number of hydrogen-bond donors (Lipinski definition) is 2. The van der Waals surface area contributed by atoms with Gasteiger partial charge in [0.25, 0.3) is 0 Å². The molecule has 0 aliphatic heterocycles. The molecule has 0 aliphatic rings. The Kier molecular flexibility index (Phi) is 91.5. The van der Waals surface area contributed by atoms with Crippen molar-refractivity contribution in [1.82, 2.24) is 0 Å². The van der Waals surface area contributed by atoms with E-state index >= 15 is 0 Å². The van der Waals surface area contributed by atoms with Gasteiger partial charge in [-0.3, -0.25) is 0 Å². The largest absolute Gasteiger partial charge is 0 e. The second-order valence-electron chi connectivity index (χ2n) is 0.211. The minimum Gasteiger partial charge on any atom is 0 e. The molecule has 0 amide bonds. The zero-order chi connectivity index (χ0) is 5.41. The Balaban J connectivity index is -0.0000000400. The Labute approximate surface area is 51.7 Å². The Bertz CT molecular complexity index is 30.7. The predicted octanol–water partition coefficient (Wildman–Crippen LogP) is -2.12. The molecular weight excluding hydrogens is 145 g/mol. The molecule has 0 saturated carbocycles. The minimum atomic E-state index is -0.250. The SMILES string of the molecule is O=BO.O=BO.[Co]. The van der Waals surface area contributed by atoms with Gasteiger partial charge in [-0.15, -0.1) is 0 Å². The van der Waals surface area contributed by atoms with Crippen molar-refractivity contribution in [2.75, 3.05) is 0 Å². The van der Waals surface area contributed by atoms with E-state index in [4.69, 9.17) is 19.5 Å². The summed E-state index contributed by atoms with van der Waals surface area (Å²) >= 11 is 0. The van der Waals surface area contributed by atoms with Crippen molar-refractivity contribution < 1.29 is 36.2 Å². The third-order valence-electron chi connectivity index (χ3n) is 0. The van der Waals surface area contributed by atoms with Gasteiger partial charge in [0.05, 0.1) is 0 Å². The van der Waals surface area contributed by atoms with Crippen LogP contribution in [0.2, 0.25) is 0 Å². The van der Waals surface area contributed by atoms with Crippen LogP contribution >= 0.6 is 0 Å². The van der Waals surface area contributed by atoms with Gasteiger partial charge in [0.1, 0.15) is 0 Å². The maximum Gasteiger partial charge on any atom is 0 e. The van der Waals surface area contributed by atoms with Gasteiger partial charge in [0.2, 0.25) is 0 Å². The van der Waals surface area contributed by atoms with Crippen LogP contribution in [0.3, 0.4) is 0 Å². The van der Waals surface area contributed by atoms with E-state index in [0.717, 1.165) is 0 Å². The van der Waals surface area contributed by atoms with Gasteiger partial charge in [-0.2, -0.15) is 0 Å². The summed E-state index contributed by atoms with van der Waals surface area (Å²) in [6.45, 7) is 0. The summed E-state index contributed by atoms with van der Waals surface area (Å²) in [6, 6.07) is 0. The van der Waals surface area contributed by atoms with Crippen LogP contribution in [0.15, 0.2) is 0 Å². The number of hydrogen-bond acceptors (Lipinski definition) is 2. The molecule has 2 N–H and O–H groups in total. The molecule has 0 heterocycles. The summed E-state index contributed by atoms with van der Waals surface area (Å²) in [5.41, 5.74) is 0. The van der Waals surface area contributed by atoms with Gasteiger partial charge in [-0.25, -0.2) is 0 Å². The molecule has 7 heavy (non-hydrogen) atoms. The average Bonchev–Trinajstić information content (AvgIpc) is 1.39. The second kappa shape index (κ2) is 40.5. The molecular formula is H2B2CoO4. The van der Waals surface area contributed by atoms with E-state index < -0.39 is 0 Å². The van der Waals surface area contributed by atoms with Crippen LogP contribution in [0.1, 0.15) is 0 Å². The van der Waals surface area contributed by atoms with Gasteiger partial charge < -0.3 is 0 Å². The standard InChI is InChI=1S/2BHO2.Co/c2*2-1-3;/h2*2H;. The Hall–Kier alpha value is -0.164. The van der Waals surface area contributed by atoms with Crippen molar-refractivity contribution in [3.05, 3.63) is 0 Å². The van der Waals surface area contributed by atoms with E-state index in [0.29, 0.717) is 0 Å². The zero-order valence-electron chi connectivity index (χ0n) is 3.20. The summed E-state index contributed by atoms with van der Waals surface area (Å²) in [5, 5.41) is 13.8. The van der Waals surface area contributed by atoms with Crippen LogP contribution in [0.5, 0.6) is 0 Å². The quantitative estimate of drug-likeness (QED) is 0.384. The Morgan fingerprint density at radius 2 is 1.00 bits per heavy atom. The molecule has 41 valence electrons. The van der Waals surface area contributed by atoms with Crippen LogP contribution in [-0.2, 0) is 26.2 Å². The molecule has 0 fully saturated rings. The molecule has 0 aromatic heterocycles. The van der Waals surface area contributed by atoms with Crippen LogP contribution in [0, 0.1) is 0 Å². The molecule has 4 nitrogen and oxygen atoms in total. The summed E-state index contributed by atoms with van der Waals surface area (Å²) in [4.78, 5) is 0. The van der Waals surface area contributed by atoms with E-state index in [9.17, 15) is 0 Å². The molecule has 0 aromatic rings. The normalized spacial score (nSPS) is 2.29. The molecule has 0 atom stereocenters. The predicted molar refractivity (Wildman–Crippen MR) is 17.3 cm³/mol. The molecule has 0 rings (SSSR count). The van der Waals surface area contributed by atoms with Gasteiger partial charge in [0, 0.05) is 16.8 Å². The molecule has 0 saturated heterocycles. The first-order valence-electron chi connectivity index (χ1n) is 0.988. The molecule has 0 unspecified atom stereocenters.